The summed E-state index contributed by atoms with van der Waals surface area (Å²) in [6.45, 7) is 7.98. The van der Waals surface area contributed by atoms with Gasteiger partial charge in [0.2, 0.25) is 0 Å². The molecule has 102 valence electrons. The predicted octanol–water partition coefficient (Wildman–Crippen LogP) is 3.16. The van der Waals surface area contributed by atoms with E-state index in [9.17, 15) is 0 Å². The Labute approximate surface area is 110 Å². The zero-order valence-electron chi connectivity index (χ0n) is 11.9. The Morgan fingerprint density at radius 1 is 1.22 bits per heavy atom. The molecule has 1 aromatic carbocycles. The van der Waals surface area contributed by atoms with Crippen molar-refractivity contribution in [1.82, 2.24) is 5.32 Å². The number of likely N-dealkylation sites (N-methyl/N-ethyl adjacent to an activating group) is 1. The van der Waals surface area contributed by atoms with Crippen molar-refractivity contribution in [3.05, 3.63) is 29.8 Å². The highest BCUT2D eigenvalue weighted by atomic mass is 16.5. The maximum Gasteiger partial charge on any atom is 0.119 e. The summed E-state index contributed by atoms with van der Waals surface area (Å²) in [4.78, 5) is 0. The van der Waals surface area contributed by atoms with E-state index >= 15 is 0 Å². The molecule has 2 unspecified atom stereocenters. The van der Waals surface area contributed by atoms with E-state index < -0.39 is 0 Å². The topological polar surface area (TPSA) is 30.5 Å². The number of hydrogen-bond acceptors (Lipinski definition) is 3. The van der Waals surface area contributed by atoms with Gasteiger partial charge in [0.05, 0.1) is 19.3 Å². The van der Waals surface area contributed by atoms with Crippen molar-refractivity contribution < 1.29 is 9.47 Å². The molecule has 3 nitrogen and oxygen atoms in total. The van der Waals surface area contributed by atoms with Crippen molar-refractivity contribution in [3.8, 4) is 5.75 Å². The highest BCUT2D eigenvalue weighted by molar-refractivity contribution is 5.31. The SMILES string of the molecule is CCNC(c1cccc(OC)c1)C(CC)OCC. The molecule has 0 saturated carbocycles. The Bertz CT molecular complexity index is 341. The molecule has 0 fully saturated rings. The van der Waals surface area contributed by atoms with Gasteiger partial charge in [-0.3, -0.25) is 0 Å². The van der Waals surface area contributed by atoms with E-state index in [1.165, 1.54) is 5.56 Å². The van der Waals surface area contributed by atoms with Crippen LogP contribution in [0, 0.1) is 0 Å². The van der Waals surface area contributed by atoms with Gasteiger partial charge in [0.25, 0.3) is 0 Å². The van der Waals surface area contributed by atoms with Crippen molar-refractivity contribution in [3.63, 3.8) is 0 Å². The number of benzene rings is 1. The van der Waals surface area contributed by atoms with Gasteiger partial charge in [0, 0.05) is 6.61 Å². The first kappa shape index (κ1) is 15.0. The van der Waals surface area contributed by atoms with Gasteiger partial charge in [-0.05, 0) is 37.6 Å². The van der Waals surface area contributed by atoms with Crippen LogP contribution in [-0.2, 0) is 4.74 Å². The quantitative estimate of drug-likeness (QED) is 0.770. The maximum atomic E-state index is 5.83. The van der Waals surface area contributed by atoms with Crippen molar-refractivity contribution in [2.24, 2.45) is 0 Å². The lowest BCUT2D eigenvalue weighted by molar-refractivity contribution is 0.0318. The van der Waals surface area contributed by atoms with Crippen LogP contribution in [0.5, 0.6) is 5.75 Å². The van der Waals surface area contributed by atoms with Gasteiger partial charge in [0.15, 0.2) is 0 Å². The molecule has 0 aliphatic heterocycles. The lowest BCUT2D eigenvalue weighted by Crippen LogP contribution is -2.33. The molecule has 1 rings (SSSR count). The first-order valence-electron chi connectivity index (χ1n) is 6.75. The smallest absolute Gasteiger partial charge is 0.119 e. The zero-order chi connectivity index (χ0) is 13.4. The van der Waals surface area contributed by atoms with Crippen LogP contribution in [0.2, 0.25) is 0 Å². The Morgan fingerprint density at radius 3 is 2.56 bits per heavy atom. The fourth-order valence-electron chi connectivity index (χ4n) is 2.18. The van der Waals surface area contributed by atoms with E-state index in [0.717, 1.165) is 25.3 Å². The molecule has 2 atom stereocenters. The molecule has 0 aliphatic carbocycles. The van der Waals surface area contributed by atoms with Crippen molar-refractivity contribution >= 4 is 0 Å². The van der Waals surface area contributed by atoms with Crippen LogP contribution in [0.1, 0.15) is 38.8 Å². The monoisotopic (exact) mass is 251 g/mol. The predicted molar refractivity (Wildman–Crippen MR) is 75.1 cm³/mol. The number of ether oxygens (including phenoxy) is 2. The van der Waals surface area contributed by atoms with E-state index in [4.69, 9.17) is 9.47 Å². The Balaban J connectivity index is 2.93. The Kier molecular flexibility index (Phi) is 6.76. The molecule has 0 aromatic heterocycles. The summed E-state index contributed by atoms with van der Waals surface area (Å²) >= 11 is 0. The minimum Gasteiger partial charge on any atom is -0.497 e. The lowest BCUT2D eigenvalue weighted by atomic mass is 9.99. The third kappa shape index (κ3) is 4.00. The molecule has 18 heavy (non-hydrogen) atoms. The summed E-state index contributed by atoms with van der Waals surface area (Å²) in [6, 6.07) is 8.41. The van der Waals surface area contributed by atoms with E-state index in [1.54, 1.807) is 7.11 Å². The Morgan fingerprint density at radius 2 is 2.00 bits per heavy atom. The molecule has 0 radical (unpaired) electrons. The second-order valence-electron chi connectivity index (χ2n) is 4.21. The molecule has 0 spiro atoms. The minimum atomic E-state index is 0.196. The van der Waals surface area contributed by atoms with Crippen LogP contribution in [0.15, 0.2) is 24.3 Å². The molecule has 1 aromatic rings. The molecule has 0 amide bonds. The fraction of sp³-hybridized carbons (Fsp3) is 0.600. The third-order valence-corrected chi connectivity index (χ3v) is 3.03. The molecule has 0 aliphatic rings. The number of hydrogen-bond donors (Lipinski definition) is 1. The van der Waals surface area contributed by atoms with Crippen LogP contribution in [-0.4, -0.2) is 26.4 Å². The normalized spacial score (nSPS) is 14.2. The average molecular weight is 251 g/mol. The van der Waals surface area contributed by atoms with Crippen LogP contribution < -0.4 is 10.1 Å². The average Bonchev–Trinajstić information content (AvgIpc) is 2.42. The summed E-state index contributed by atoms with van der Waals surface area (Å²) in [6.07, 6.45) is 1.19. The van der Waals surface area contributed by atoms with Gasteiger partial charge < -0.3 is 14.8 Å². The van der Waals surface area contributed by atoms with Gasteiger partial charge >= 0.3 is 0 Å². The van der Waals surface area contributed by atoms with Crippen LogP contribution in [0.3, 0.4) is 0 Å². The summed E-state index contributed by atoms with van der Waals surface area (Å²) in [5, 5.41) is 3.51. The second kappa shape index (κ2) is 8.11. The van der Waals surface area contributed by atoms with Crippen molar-refractivity contribution in [1.29, 1.82) is 0 Å². The summed E-state index contributed by atoms with van der Waals surface area (Å²) < 4.78 is 11.1. The van der Waals surface area contributed by atoms with Gasteiger partial charge in [-0.25, -0.2) is 0 Å². The molecule has 0 saturated heterocycles. The number of methoxy groups -OCH3 is 1. The molecule has 3 heteroatoms. The van der Waals surface area contributed by atoms with E-state index in [0.29, 0.717) is 0 Å². The number of nitrogens with one attached hydrogen (secondary N) is 1. The largest absolute Gasteiger partial charge is 0.497 e. The zero-order valence-corrected chi connectivity index (χ0v) is 11.9. The highest BCUT2D eigenvalue weighted by Gasteiger charge is 2.21. The molecule has 0 heterocycles. The van der Waals surface area contributed by atoms with E-state index in [2.05, 4.69) is 31.3 Å². The standard InChI is InChI=1S/C15H25NO2/c1-5-14(18-7-3)15(16-6-2)12-9-8-10-13(11-12)17-4/h8-11,14-16H,5-7H2,1-4H3. The van der Waals surface area contributed by atoms with Crippen molar-refractivity contribution in [2.75, 3.05) is 20.3 Å². The second-order valence-corrected chi connectivity index (χ2v) is 4.21. The molecule has 1 N–H and O–H groups in total. The number of rotatable bonds is 8. The Hall–Kier alpha value is -1.06. The third-order valence-electron chi connectivity index (χ3n) is 3.03. The van der Waals surface area contributed by atoms with E-state index in [-0.39, 0.29) is 12.1 Å². The van der Waals surface area contributed by atoms with Gasteiger partial charge in [-0.1, -0.05) is 26.0 Å². The van der Waals surface area contributed by atoms with Crippen molar-refractivity contribution in [2.45, 2.75) is 39.3 Å². The van der Waals surface area contributed by atoms with Gasteiger partial charge in [-0.2, -0.15) is 0 Å². The first-order valence-corrected chi connectivity index (χ1v) is 6.75. The van der Waals surface area contributed by atoms with Crippen LogP contribution in [0.25, 0.3) is 0 Å². The summed E-state index contributed by atoms with van der Waals surface area (Å²) in [7, 11) is 1.70. The first-order chi connectivity index (χ1) is 8.76. The fourth-order valence-corrected chi connectivity index (χ4v) is 2.18. The molecule has 0 bridgehead atoms. The van der Waals surface area contributed by atoms with E-state index in [1.807, 2.05) is 19.1 Å². The van der Waals surface area contributed by atoms with Gasteiger partial charge in [-0.15, -0.1) is 0 Å². The summed E-state index contributed by atoms with van der Waals surface area (Å²) in [5.74, 6) is 0.891. The lowest BCUT2D eigenvalue weighted by Gasteiger charge is -2.27. The molecular weight excluding hydrogens is 226 g/mol. The maximum absolute atomic E-state index is 5.83. The summed E-state index contributed by atoms with van der Waals surface area (Å²) in [5.41, 5.74) is 1.22. The van der Waals surface area contributed by atoms with Crippen LogP contribution >= 0.6 is 0 Å². The van der Waals surface area contributed by atoms with Gasteiger partial charge in [0.1, 0.15) is 5.75 Å². The highest BCUT2D eigenvalue weighted by Crippen LogP contribution is 2.25. The molecular formula is C15H25NO2. The minimum absolute atomic E-state index is 0.196. The van der Waals surface area contributed by atoms with Crippen LogP contribution in [0.4, 0.5) is 0 Å².